The van der Waals surface area contributed by atoms with E-state index in [0.717, 1.165) is 23.2 Å². The van der Waals surface area contributed by atoms with Crippen LogP contribution in [-0.2, 0) is 11.2 Å². The summed E-state index contributed by atoms with van der Waals surface area (Å²) >= 11 is 0. The van der Waals surface area contributed by atoms with Crippen LogP contribution < -0.4 is 10.2 Å². The van der Waals surface area contributed by atoms with Crippen molar-refractivity contribution in [3.63, 3.8) is 0 Å². The van der Waals surface area contributed by atoms with Gasteiger partial charge in [-0.2, -0.15) is 0 Å². The highest BCUT2D eigenvalue weighted by molar-refractivity contribution is 5.89. The summed E-state index contributed by atoms with van der Waals surface area (Å²) in [5.41, 5.74) is 4.15. The molecule has 2 N–H and O–H groups in total. The van der Waals surface area contributed by atoms with E-state index in [1.165, 1.54) is 5.56 Å². The molecule has 0 radical (unpaired) electrons. The Morgan fingerprint density at radius 3 is 2.84 bits per heavy atom. The molecule has 0 saturated carbocycles. The molecule has 1 aliphatic heterocycles. The summed E-state index contributed by atoms with van der Waals surface area (Å²) in [7, 11) is 0. The topological polar surface area (TPSA) is 61.8 Å². The number of anilines is 1. The number of carbonyl (C=O) groups excluding carboxylic acids is 1. The molecule has 2 aromatic carbocycles. The van der Waals surface area contributed by atoms with Crippen LogP contribution in [0.1, 0.15) is 35.8 Å². The number of cyclic esters (lactones) is 1. The van der Waals surface area contributed by atoms with E-state index in [0.29, 0.717) is 13.2 Å². The first-order chi connectivity index (χ1) is 12.1. The molecule has 2 aromatic rings. The fourth-order valence-corrected chi connectivity index (χ4v) is 3.73. The standard InChI is InChI=1S/C20H22N2O3/c1-13(21-18-12-15-5-2-3-8-17(15)19(18)23)14-6-4-7-16(11-14)22-9-10-25-20(22)24/h2-8,11,13,18-19,21,23H,9-10,12H2,1H3. The molecule has 2 aliphatic rings. The van der Waals surface area contributed by atoms with Crippen molar-refractivity contribution in [1.29, 1.82) is 0 Å². The number of benzene rings is 2. The van der Waals surface area contributed by atoms with Gasteiger partial charge in [-0.15, -0.1) is 0 Å². The lowest BCUT2D eigenvalue weighted by molar-refractivity contribution is 0.136. The van der Waals surface area contributed by atoms with Crippen molar-refractivity contribution in [3.8, 4) is 0 Å². The number of rotatable bonds is 4. The second-order valence-electron chi connectivity index (χ2n) is 6.70. The molecule has 25 heavy (non-hydrogen) atoms. The summed E-state index contributed by atoms with van der Waals surface area (Å²) in [4.78, 5) is 13.4. The number of hydrogen-bond donors (Lipinski definition) is 2. The van der Waals surface area contributed by atoms with E-state index in [2.05, 4.69) is 18.3 Å². The zero-order valence-electron chi connectivity index (χ0n) is 14.2. The fraction of sp³-hybridized carbons (Fsp3) is 0.350. The molecular formula is C20H22N2O3. The highest BCUT2D eigenvalue weighted by Crippen LogP contribution is 2.33. The zero-order valence-corrected chi connectivity index (χ0v) is 14.2. The van der Waals surface area contributed by atoms with Crippen LogP contribution in [-0.4, -0.2) is 30.4 Å². The van der Waals surface area contributed by atoms with Gasteiger partial charge in [0.15, 0.2) is 0 Å². The van der Waals surface area contributed by atoms with Gasteiger partial charge in [0.1, 0.15) is 6.61 Å². The Hall–Kier alpha value is -2.37. The zero-order chi connectivity index (χ0) is 17.4. The predicted molar refractivity (Wildman–Crippen MR) is 95.6 cm³/mol. The lowest BCUT2D eigenvalue weighted by atomic mass is 10.0. The molecule has 1 heterocycles. The first kappa shape index (κ1) is 16.1. The van der Waals surface area contributed by atoms with Crippen molar-refractivity contribution in [1.82, 2.24) is 5.32 Å². The molecule has 1 saturated heterocycles. The number of nitrogens with one attached hydrogen (secondary N) is 1. The third kappa shape index (κ3) is 3.01. The Balaban J connectivity index is 1.49. The number of amides is 1. The van der Waals surface area contributed by atoms with Gasteiger partial charge in [-0.1, -0.05) is 36.4 Å². The minimum Gasteiger partial charge on any atom is -0.447 e. The monoisotopic (exact) mass is 338 g/mol. The average molecular weight is 338 g/mol. The average Bonchev–Trinajstić information content (AvgIpc) is 3.19. The van der Waals surface area contributed by atoms with E-state index in [4.69, 9.17) is 4.74 Å². The summed E-state index contributed by atoms with van der Waals surface area (Å²) in [5, 5.41) is 14.1. The lowest BCUT2D eigenvalue weighted by Gasteiger charge is -2.24. The third-order valence-electron chi connectivity index (χ3n) is 5.10. The van der Waals surface area contributed by atoms with Gasteiger partial charge < -0.3 is 15.2 Å². The summed E-state index contributed by atoms with van der Waals surface area (Å²) in [6, 6.07) is 16.0. The van der Waals surface area contributed by atoms with E-state index in [9.17, 15) is 9.90 Å². The SMILES string of the molecule is CC(NC1Cc2ccccc2C1O)c1cccc(N2CCOC2=O)c1. The van der Waals surface area contributed by atoms with Crippen LogP contribution in [0.2, 0.25) is 0 Å². The molecule has 0 aromatic heterocycles. The van der Waals surface area contributed by atoms with Crippen LogP contribution in [0.15, 0.2) is 48.5 Å². The lowest BCUT2D eigenvalue weighted by Crippen LogP contribution is -2.35. The number of fused-ring (bicyclic) bond motifs is 1. The summed E-state index contributed by atoms with van der Waals surface area (Å²) in [6.45, 7) is 3.10. The second-order valence-corrected chi connectivity index (χ2v) is 6.70. The van der Waals surface area contributed by atoms with Gasteiger partial charge in [-0.05, 0) is 42.2 Å². The van der Waals surface area contributed by atoms with Crippen LogP contribution in [0.5, 0.6) is 0 Å². The second kappa shape index (κ2) is 6.50. The van der Waals surface area contributed by atoms with Crippen LogP contribution in [0, 0.1) is 0 Å². The number of nitrogens with zero attached hydrogens (tertiary/aromatic N) is 1. The number of aliphatic hydroxyl groups excluding tert-OH is 1. The van der Waals surface area contributed by atoms with Crippen LogP contribution in [0.3, 0.4) is 0 Å². The van der Waals surface area contributed by atoms with E-state index >= 15 is 0 Å². The van der Waals surface area contributed by atoms with Gasteiger partial charge in [0.25, 0.3) is 0 Å². The Bertz CT molecular complexity index is 792. The van der Waals surface area contributed by atoms with Gasteiger partial charge in [0.05, 0.1) is 12.6 Å². The minimum atomic E-state index is -0.490. The van der Waals surface area contributed by atoms with Crippen LogP contribution >= 0.6 is 0 Å². The Kier molecular flexibility index (Phi) is 4.19. The molecule has 0 bridgehead atoms. The van der Waals surface area contributed by atoms with Gasteiger partial charge in [-0.25, -0.2) is 4.79 Å². The highest BCUT2D eigenvalue weighted by atomic mass is 16.6. The maximum Gasteiger partial charge on any atom is 0.414 e. The van der Waals surface area contributed by atoms with E-state index in [1.807, 2.05) is 42.5 Å². The maximum absolute atomic E-state index is 11.8. The van der Waals surface area contributed by atoms with Gasteiger partial charge >= 0.3 is 6.09 Å². The molecule has 130 valence electrons. The molecule has 5 heteroatoms. The quantitative estimate of drug-likeness (QED) is 0.900. The molecular weight excluding hydrogens is 316 g/mol. The summed E-state index contributed by atoms with van der Waals surface area (Å²) < 4.78 is 5.02. The van der Waals surface area contributed by atoms with E-state index in [1.54, 1.807) is 4.90 Å². The fourth-order valence-electron chi connectivity index (χ4n) is 3.73. The van der Waals surface area contributed by atoms with E-state index < -0.39 is 6.10 Å². The predicted octanol–water partition coefficient (Wildman–Crippen LogP) is 2.95. The molecule has 1 amide bonds. The Morgan fingerprint density at radius 2 is 2.08 bits per heavy atom. The van der Waals surface area contributed by atoms with Crippen LogP contribution in [0.4, 0.5) is 10.5 Å². The van der Waals surface area contributed by atoms with Crippen molar-refractivity contribution in [2.75, 3.05) is 18.1 Å². The highest BCUT2D eigenvalue weighted by Gasteiger charge is 2.31. The molecule has 5 nitrogen and oxygen atoms in total. The normalized spacial score (nSPS) is 23.4. The molecule has 3 atom stereocenters. The minimum absolute atomic E-state index is 0.00666. The molecule has 1 fully saturated rings. The van der Waals surface area contributed by atoms with Gasteiger partial charge in [-0.3, -0.25) is 4.90 Å². The van der Waals surface area contributed by atoms with Gasteiger partial charge in [0, 0.05) is 17.8 Å². The number of carbonyl (C=O) groups is 1. The van der Waals surface area contributed by atoms with E-state index in [-0.39, 0.29) is 18.2 Å². The largest absolute Gasteiger partial charge is 0.447 e. The van der Waals surface area contributed by atoms with Crippen molar-refractivity contribution in [3.05, 3.63) is 65.2 Å². The van der Waals surface area contributed by atoms with Crippen molar-refractivity contribution in [2.24, 2.45) is 0 Å². The van der Waals surface area contributed by atoms with Crippen molar-refractivity contribution >= 4 is 11.8 Å². The molecule has 0 spiro atoms. The molecule has 1 aliphatic carbocycles. The van der Waals surface area contributed by atoms with Crippen molar-refractivity contribution < 1.29 is 14.6 Å². The van der Waals surface area contributed by atoms with Crippen molar-refractivity contribution in [2.45, 2.75) is 31.5 Å². The Labute approximate surface area is 147 Å². The maximum atomic E-state index is 11.8. The summed E-state index contributed by atoms with van der Waals surface area (Å²) in [6.07, 6.45) is 0.0367. The Morgan fingerprint density at radius 1 is 1.24 bits per heavy atom. The first-order valence-corrected chi connectivity index (χ1v) is 8.69. The smallest absolute Gasteiger partial charge is 0.414 e. The molecule has 3 unspecified atom stereocenters. The number of aliphatic hydroxyl groups is 1. The summed E-state index contributed by atoms with van der Waals surface area (Å²) in [5.74, 6) is 0. The first-order valence-electron chi connectivity index (χ1n) is 8.69. The molecule has 4 rings (SSSR count). The number of hydrogen-bond acceptors (Lipinski definition) is 4. The van der Waals surface area contributed by atoms with Gasteiger partial charge in [0.2, 0.25) is 0 Å². The third-order valence-corrected chi connectivity index (χ3v) is 5.10. The van der Waals surface area contributed by atoms with Crippen LogP contribution in [0.25, 0.3) is 0 Å². The number of ether oxygens (including phenoxy) is 1.